The van der Waals surface area contributed by atoms with Crippen molar-refractivity contribution in [3.8, 4) is 50.7 Å². The van der Waals surface area contributed by atoms with Gasteiger partial charge in [0.25, 0.3) is 0 Å². The molecule has 3 N–H and O–H groups in total. The molecule has 7 heterocycles. The van der Waals surface area contributed by atoms with Crippen molar-refractivity contribution in [1.29, 1.82) is 0 Å². The molecule has 11 rings (SSSR count). The third-order valence-electron chi connectivity index (χ3n) is 12.1. The zero-order chi connectivity index (χ0) is 69.0. The summed E-state index contributed by atoms with van der Waals surface area (Å²) in [6.45, 7) is 11.2. The van der Waals surface area contributed by atoms with Gasteiger partial charge >= 0.3 is 5.97 Å². The van der Waals surface area contributed by atoms with E-state index in [1.54, 1.807) is 79.4 Å². The summed E-state index contributed by atoms with van der Waals surface area (Å²) in [6, 6.07) is 51.5. The zero-order valence-corrected chi connectivity index (χ0v) is 65.6. The maximum absolute atomic E-state index is 13.4. The first-order chi connectivity index (χ1) is 44.6. The number of anilines is 1. The van der Waals surface area contributed by atoms with Gasteiger partial charge in [0, 0.05) is 204 Å². The molecule has 531 valence electrons. The minimum absolute atomic E-state index is 0. The molecule has 11 aromatic rings. The van der Waals surface area contributed by atoms with E-state index in [2.05, 4.69) is 65.3 Å². The maximum atomic E-state index is 13.4. The Balaban J connectivity index is 0.00000113. The van der Waals surface area contributed by atoms with Crippen molar-refractivity contribution in [2.24, 2.45) is 10.8 Å². The summed E-state index contributed by atoms with van der Waals surface area (Å²) >= 11 is 0. The number of carboxylic acid groups (broad SMARTS) is 1. The average molecular weight is 2240 g/mol. The van der Waals surface area contributed by atoms with Crippen LogP contribution in [0.5, 0.6) is 0 Å². The molecule has 0 unspecified atom stereocenters. The van der Waals surface area contributed by atoms with Gasteiger partial charge in [0.05, 0.1) is 12.4 Å². The fourth-order valence-electron chi connectivity index (χ4n) is 7.03. The molecule has 5 radical (unpaired) electrons. The van der Waals surface area contributed by atoms with Gasteiger partial charge in [-0.1, -0.05) is 119 Å². The van der Waals surface area contributed by atoms with Crippen molar-refractivity contribution in [3.05, 3.63) is 301 Å². The van der Waals surface area contributed by atoms with Crippen molar-refractivity contribution < 1.29 is 156 Å². The van der Waals surface area contributed by atoms with E-state index >= 15 is 0 Å². The maximum Gasteiger partial charge on any atom is 0.354 e. The Labute approximate surface area is 636 Å². The zero-order valence-electron chi connectivity index (χ0n) is 53.7. The van der Waals surface area contributed by atoms with Gasteiger partial charge in [-0.05, 0) is 88.0 Å². The minimum atomic E-state index is -0.990. The molecule has 7 aromatic heterocycles. The normalized spacial score (nSPS) is 10.1. The first-order valence-corrected chi connectivity index (χ1v) is 28.1. The molecule has 0 aliphatic carbocycles. The van der Waals surface area contributed by atoms with Crippen molar-refractivity contribution in [2.45, 2.75) is 48.1 Å². The minimum Gasteiger partial charge on any atom is -0.807 e. The second kappa shape index (κ2) is 45.7. The van der Waals surface area contributed by atoms with Gasteiger partial charge in [0.15, 0.2) is 0 Å². The summed E-state index contributed by atoms with van der Waals surface area (Å²) in [6.07, 6.45) is 12.3. The number of halogens is 8. The molecule has 0 aliphatic rings. The molecule has 4 aromatic carbocycles. The predicted octanol–water partition coefficient (Wildman–Crippen LogP) is 16.2. The van der Waals surface area contributed by atoms with E-state index < -0.39 is 52.8 Å². The van der Waals surface area contributed by atoms with Gasteiger partial charge in [0.2, 0.25) is 0 Å². The third kappa shape index (κ3) is 31.5. The first-order valence-electron chi connectivity index (χ1n) is 28.1. The Morgan fingerprint density at radius 1 is 0.535 bits per heavy atom. The number of benzene rings is 4. The van der Waals surface area contributed by atoms with Crippen molar-refractivity contribution in [1.82, 2.24) is 39.7 Å². The van der Waals surface area contributed by atoms with Crippen LogP contribution in [0.25, 0.3) is 56.1 Å². The molecule has 0 aliphatic heterocycles. The van der Waals surface area contributed by atoms with E-state index in [1.807, 2.05) is 103 Å². The quantitative estimate of drug-likeness (QED) is 0.0407. The molecule has 0 amide bonds. The van der Waals surface area contributed by atoms with E-state index in [0.29, 0.717) is 22.6 Å². The number of pyridine rings is 6. The molecule has 27 heteroatoms. The van der Waals surface area contributed by atoms with Gasteiger partial charge in [0.1, 0.15) is 17.6 Å². The molecule has 0 atom stereocenters. The number of hydrogen-bond acceptors (Lipinski definition) is 11. The van der Waals surface area contributed by atoms with E-state index in [4.69, 9.17) is 10.2 Å². The van der Waals surface area contributed by atoms with E-state index in [-0.39, 0.29) is 158 Å². The molecular weight excluding hydrogens is 2180 g/mol. The smallest absolute Gasteiger partial charge is 0.354 e. The number of carbonyl (C=O) groups is 1. The van der Waals surface area contributed by atoms with Crippen LogP contribution in [0.15, 0.2) is 207 Å². The number of allylic oxidation sites excluding steroid dienone is 2. The number of nitrogens with zero attached hydrogens (tertiary/aromatic N) is 10. The summed E-state index contributed by atoms with van der Waals surface area (Å²) in [4.78, 5) is 34.8. The van der Waals surface area contributed by atoms with Gasteiger partial charge < -0.3 is 45.6 Å². The fourth-order valence-corrected chi connectivity index (χ4v) is 7.03. The van der Waals surface area contributed by atoms with Crippen molar-refractivity contribution in [3.63, 3.8) is 0 Å². The van der Waals surface area contributed by atoms with E-state index in [9.17, 15) is 50.4 Å². The second-order valence-electron chi connectivity index (χ2n) is 21.6. The van der Waals surface area contributed by atoms with Crippen LogP contribution in [-0.2, 0) is 107 Å². The largest absolute Gasteiger partial charge is 0.807 e. The van der Waals surface area contributed by atoms with Crippen LogP contribution in [0, 0.1) is 88.0 Å². The molecule has 14 nitrogen and oxygen atoms in total. The van der Waals surface area contributed by atoms with Crippen LogP contribution >= 0.6 is 0 Å². The summed E-state index contributed by atoms with van der Waals surface area (Å²) in [5, 5.41) is 40.3. The van der Waals surface area contributed by atoms with Crippen LogP contribution in [0.4, 0.5) is 40.8 Å². The molecular formula is C72H62F8Ir5N10O4-6. The monoisotopic (exact) mass is 2250 g/mol. The summed E-state index contributed by atoms with van der Waals surface area (Å²) in [5.74, 6) is -6.59. The Hall–Kier alpha value is -7.88. The Kier molecular flexibility index (Phi) is 42.1. The van der Waals surface area contributed by atoms with Crippen LogP contribution in [0.2, 0.25) is 0 Å². The number of aromatic carboxylic acids is 1. The van der Waals surface area contributed by atoms with E-state index in [1.165, 1.54) is 41.5 Å². The average Bonchev–Trinajstić information content (AvgIpc) is 1.19. The van der Waals surface area contributed by atoms with Crippen LogP contribution in [-0.4, -0.2) is 80.8 Å². The Morgan fingerprint density at radius 3 is 1.48 bits per heavy atom. The van der Waals surface area contributed by atoms with Crippen molar-refractivity contribution >= 4 is 17.4 Å². The summed E-state index contributed by atoms with van der Waals surface area (Å²) in [7, 11) is 3.73. The van der Waals surface area contributed by atoms with Gasteiger partial charge in [-0.2, -0.15) is 16.9 Å². The molecule has 0 spiro atoms. The molecule has 0 fully saturated rings. The van der Waals surface area contributed by atoms with Crippen LogP contribution in [0.1, 0.15) is 57.6 Å². The number of carboxylic acids is 1. The first kappa shape index (κ1) is 91.1. The molecule has 99 heavy (non-hydrogen) atoms. The molecule has 0 saturated heterocycles. The SMILES string of the molecule is CC(C)(C)C(=[N-])C=C(O)C(C)(C)C.CN(C)c1ccnc(-c2[c-]cc(F)nc2F)c1.Fc1c[c-]c(-c2ccccn2)c(F)c1.Fc1c[c-]c(-n2cccn2)c(F)c1.O=C(O)c1ccccn1.OCc1ccnc(-c2[c-]cc(F)cc2F)c1.[Ir].[Ir].[Ir].[Ir].[Ir].[c-]1ccccc1-c1ccccn1. The Bertz CT molecular complexity index is 4170. The van der Waals surface area contributed by atoms with E-state index in [0.717, 1.165) is 59.4 Å². The standard InChI is InChI=1S/C12H10F2N3.C12H8F2NO.C11H6F2N.C11H20NO.C11H8N.C9H5F2N2.C6H5NO2.5Ir/c1-17(2)8-5-6-15-10(7-8)9-3-4-11(13)16-12(9)14;13-9-1-2-10(11(14)6-9)12-5-8(7-16)3-4-15-12;12-8-4-5-9(10(13)7-8)11-3-1-2-6-14-11;1-10(2,3)8(12)7-9(13)11(4,5)6;1-2-6-10(7-3-1)11-8-4-5-9-12-11;10-7-2-3-9(8(11)6-7)13-5-1-4-12-13;8-6(9)5-3-1-2-4-7-5;;;;;/h4-7H,1-2H3;1,3-6,16H,7H2;1-4,6-7H;7,13H,1-6H3;1-6,8-9H;1-2,4-6H;1-4H,(H,8,9);;;;;/q6*-1;;;;;;. The second-order valence-corrected chi connectivity index (χ2v) is 21.6. The summed E-state index contributed by atoms with van der Waals surface area (Å²) < 4.78 is 105. The molecule has 0 saturated carbocycles. The number of aliphatic hydroxyl groups is 2. The summed E-state index contributed by atoms with van der Waals surface area (Å²) in [5.41, 5.74) is 4.78. The number of hydrogen-bond donors (Lipinski definition) is 3. The topological polar surface area (TPSA) is 198 Å². The van der Waals surface area contributed by atoms with Crippen molar-refractivity contribution in [2.75, 3.05) is 19.0 Å². The fraction of sp³-hybridized carbons (Fsp3) is 0.153. The van der Waals surface area contributed by atoms with Gasteiger partial charge in [-0.3, -0.25) is 36.0 Å². The number of rotatable bonds is 9. The predicted molar refractivity (Wildman–Crippen MR) is 343 cm³/mol. The van der Waals surface area contributed by atoms with Gasteiger partial charge in [-0.15, -0.1) is 78.4 Å². The van der Waals surface area contributed by atoms with Crippen LogP contribution in [0.3, 0.4) is 0 Å². The number of aliphatic hydroxyl groups excluding tert-OH is 2. The number of aromatic nitrogens is 8. The van der Waals surface area contributed by atoms with Gasteiger partial charge in [-0.25, -0.2) is 18.6 Å². The molecule has 0 bridgehead atoms. The third-order valence-corrected chi connectivity index (χ3v) is 12.1. The Morgan fingerprint density at radius 2 is 1.04 bits per heavy atom. The van der Waals surface area contributed by atoms with Crippen LogP contribution < -0.4 is 4.90 Å².